The molecule has 1 aliphatic heterocycles. The molecule has 2 heterocycles. The highest BCUT2D eigenvalue weighted by atomic mass is 16.5. The first-order chi connectivity index (χ1) is 11.5. The maximum atomic E-state index is 12.5. The third-order valence-electron chi connectivity index (χ3n) is 4.28. The van der Waals surface area contributed by atoms with Crippen LogP contribution < -0.4 is 4.74 Å². The molecule has 0 aliphatic carbocycles. The van der Waals surface area contributed by atoms with Gasteiger partial charge < -0.3 is 14.7 Å². The number of rotatable bonds is 4. The molecule has 24 heavy (non-hydrogen) atoms. The van der Waals surface area contributed by atoms with E-state index < -0.39 is 5.60 Å². The largest absolute Gasteiger partial charge is 0.491 e. The van der Waals surface area contributed by atoms with Crippen molar-refractivity contribution < 1.29 is 14.6 Å². The summed E-state index contributed by atoms with van der Waals surface area (Å²) in [6.07, 6.45) is 2.17. The molecule has 1 atom stereocenters. The first-order valence-electron chi connectivity index (χ1n) is 8.09. The van der Waals surface area contributed by atoms with E-state index in [2.05, 4.69) is 4.98 Å². The summed E-state index contributed by atoms with van der Waals surface area (Å²) in [5.41, 5.74) is 1.55. The molecule has 1 N–H and O–H groups in total. The van der Waals surface area contributed by atoms with Crippen molar-refractivity contribution in [2.24, 2.45) is 0 Å². The predicted octanol–water partition coefficient (Wildman–Crippen LogP) is 2.35. The maximum Gasteiger partial charge on any atom is 0.272 e. The highest BCUT2D eigenvalue weighted by molar-refractivity contribution is 5.92. The van der Waals surface area contributed by atoms with Gasteiger partial charge in [0.2, 0.25) is 0 Å². The summed E-state index contributed by atoms with van der Waals surface area (Å²) in [5.74, 6) is 0.570. The molecule has 0 bridgehead atoms. The molecule has 1 saturated heterocycles. The van der Waals surface area contributed by atoms with E-state index in [0.29, 0.717) is 18.7 Å². The molecule has 1 aliphatic rings. The Hall–Kier alpha value is -2.40. The molecule has 126 valence electrons. The van der Waals surface area contributed by atoms with Crippen molar-refractivity contribution in [3.63, 3.8) is 0 Å². The summed E-state index contributed by atoms with van der Waals surface area (Å²) in [6.45, 7) is 4.87. The van der Waals surface area contributed by atoms with Gasteiger partial charge in [0.05, 0.1) is 6.54 Å². The molecule has 5 nitrogen and oxygen atoms in total. The van der Waals surface area contributed by atoms with Gasteiger partial charge in [0.15, 0.2) is 0 Å². The lowest BCUT2D eigenvalue weighted by atomic mass is 10.1. The van der Waals surface area contributed by atoms with E-state index in [1.54, 1.807) is 17.2 Å². The number of nitrogens with zero attached hydrogens (tertiary/aromatic N) is 2. The van der Waals surface area contributed by atoms with Crippen molar-refractivity contribution in [2.75, 3.05) is 19.7 Å². The Kier molecular flexibility index (Phi) is 4.53. The van der Waals surface area contributed by atoms with Gasteiger partial charge in [-0.2, -0.15) is 0 Å². The number of carbonyl (C=O) groups excluding carboxylic acids is 1. The van der Waals surface area contributed by atoms with Gasteiger partial charge in [0, 0.05) is 12.7 Å². The van der Waals surface area contributed by atoms with Crippen LogP contribution in [-0.4, -0.2) is 46.2 Å². The Labute approximate surface area is 141 Å². The number of aryl methyl sites for hydroxylation is 2. The maximum absolute atomic E-state index is 12.5. The van der Waals surface area contributed by atoms with Crippen molar-refractivity contribution in [1.29, 1.82) is 0 Å². The average molecular weight is 326 g/mol. The van der Waals surface area contributed by atoms with Crippen LogP contribution >= 0.6 is 0 Å². The summed E-state index contributed by atoms with van der Waals surface area (Å²) in [7, 11) is 0. The Bertz CT molecular complexity index is 712. The zero-order valence-electron chi connectivity index (χ0n) is 14.0. The van der Waals surface area contributed by atoms with E-state index in [9.17, 15) is 9.90 Å². The molecule has 5 heteroatoms. The van der Waals surface area contributed by atoms with Crippen molar-refractivity contribution >= 4 is 5.91 Å². The van der Waals surface area contributed by atoms with Crippen molar-refractivity contribution in [2.45, 2.75) is 25.9 Å². The molecule has 1 fully saturated rings. The van der Waals surface area contributed by atoms with Crippen LogP contribution in [0.25, 0.3) is 0 Å². The second kappa shape index (κ2) is 6.61. The topological polar surface area (TPSA) is 62.7 Å². The lowest BCUT2D eigenvalue weighted by Gasteiger charge is -2.23. The Morgan fingerprint density at radius 3 is 2.58 bits per heavy atom. The fourth-order valence-corrected chi connectivity index (χ4v) is 2.76. The fraction of sp³-hybridized carbons (Fsp3) is 0.368. The molecule has 2 aromatic rings. The van der Waals surface area contributed by atoms with Gasteiger partial charge in [-0.15, -0.1) is 0 Å². The molecule has 0 radical (unpaired) electrons. The van der Waals surface area contributed by atoms with Crippen molar-refractivity contribution in [3.8, 4) is 5.75 Å². The number of β-amino-alcohol motifs (C(OH)–C–C–N with tert-alkyl or cyclic N) is 1. The molecule has 1 aromatic heterocycles. The summed E-state index contributed by atoms with van der Waals surface area (Å²) >= 11 is 0. The van der Waals surface area contributed by atoms with Crippen LogP contribution in [0, 0.1) is 13.8 Å². The normalized spacial score (nSPS) is 20.2. The highest BCUT2D eigenvalue weighted by Gasteiger charge is 2.39. The summed E-state index contributed by atoms with van der Waals surface area (Å²) in [6, 6.07) is 11.3. The second-order valence-corrected chi connectivity index (χ2v) is 6.52. The van der Waals surface area contributed by atoms with Crippen molar-refractivity contribution in [3.05, 3.63) is 59.4 Å². The SMILES string of the molecule is Cc1ccc(OC[C@]2(O)CCN(C(=O)c3ccc(C)cn3)C2)cc1. The van der Waals surface area contributed by atoms with E-state index in [4.69, 9.17) is 4.74 Å². The number of amides is 1. The molecule has 1 aromatic carbocycles. The standard InChI is InChI=1S/C19H22N2O3/c1-14-3-6-16(7-4-14)24-13-19(23)9-10-21(12-19)18(22)17-8-5-15(2)11-20-17/h3-8,11,23H,9-10,12-13H2,1-2H3/t19-/m0/s1. The van der Waals surface area contributed by atoms with Gasteiger partial charge in [-0.3, -0.25) is 9.78 Å². The lowest BCUT2D eigenvalue weighted by molar-refractivity contribution is 0.00425. The van der Waals surface area contributed by atoms with E-state index in [-0.39, 0.29) is 19.1 Å². The quantitative estimate of drug-likeness (QED) is 0.937. The third-order valence-corrected chi connectivity index (χ3v) is 4.28. The minimum Gasteiger partial charge on any atom is -0.491 e. The van der Waals surface area contributed by atoms with Crippen LogP contribution in [-0.2, 0) is 0 Å². The zero-order chi connectivity index (χ0) is 17.2. The van der Waals surface area contributed by atoms with E-state index in [1.165, 1.54) is 0 Å². The second-order valence-electron chi connectivity index (χ2n) is 6.52. The Morgan fingerprint density at radius 1 is 1.21 bits per heavy atom. The molecule has 0 saturated carbocycles. The van der Waals surface area contributed by atoms with Gasteiger partial charge in [0.1, 0.15) is 23.7 Å². The van der Waals surface area contributed by atoms with Crippen LogP contribution in [0.1, 0.15) is 28.0 Å². The number of ether oxygens (including phenoxy) is 1. The highest BCUT2D eigenvalue weighted by Crippen LogP contribution is 2.24. The lowest BCUT2D eigenvalue weighted by Crippen LogP contribution is -2.40. The van der Waals surface area contributed by atoms with Crippen LogP contribution in [0.2, 0.25) is 0 Å². The average Bonchev–Trinajstić information content (AvgIpc) is 2.97. The predicted molar refractivity (Wildman–Crippen MR) is 91.1 cm³/mol. The van der Waals surface area contributed by atoms with Crippen LogP contribution in [0.5, 0.6) is 5.75 Å². The summed E-state index contributed by atoms with van der Waals surface area (Å²) in [5, 5.41) is 10.7. The van der Waals surface area contributed by atoms with Crippen molar-refractivity contribution in [1.82, 2.24) is 9.88 Å². The van der Waals surface area contributed by atoms with E-state index in [1.807, 2.05) is 44.2 Å². The minimum atomic E-state index is -1.02. The Morgan fingerprint density at radius 2 is 1.92 bits per heavy atom. The smallest absolute Gasteiger partial charge is 0.272 e. The first kappa shape index (κ1) is 16.5. The number of benzene rings is 1. The molecular weight excluding hydrogens is 304 g/mol. The van der Waals surface area contributed by atoms with Gasteiger partial charge >= 0.3 is 0 Å². The molecular formula is C19H22N2O3. The zero-order valence-corrected chi connectivity index (χ0v) is 14.0. The summed E-state index contributed by atoms with van der Waals surface area (Å²) in [4.78, 5) is 18.3. The van der Waals surface area contributed by atoms with Gasteiger partial charge in [-0.05, 0) is 44.0 Å². The van der Waals surface area contributed by atoms with Gasteiger partial charge in [0.25, 0.3) is 5.91 Å². The fourth-order valence-electron chi connectivity index (χ4n) is 2.76. The molecule has 0 spiro atoms. The molecule has 1 amide bonds. The monoisotopic (exact) mass is 326 g/mol. The van der Waals surface area contributed by atoms with E-state index >= 15 is 0 Å². The van der Waals surface area contributed by atoms with Crippen LogP contribution in [0.3, 0.4) is 0 Å². The van der Waals surface area contributed by atoms with Gasteiger partial charge in [-0.25, -0.2) is 0 Å². The number of likely N-dealkylation sites (tertiary alicyclic amines) is 1. The van der Waals surface area contributed by atoms with E-state index in [0.717, 1.165) is 16.9 Å². The minimum absolute atomic E-state index is 0.152. The molecule has 0 unspecified atom stereocenters. The number of aromatic nitrogens is 1. The number of hydrogen-bond donors (Lipinski definition) is 1. The number of carbonyl (C=O) groups is 1. The van der Waals surface area contributed by atoms with Crippen LogP contribution in [0.4, 0.5) is 0 Å². The number of pyridine rings is 1. The van der Waals surface area contributed by atoms with Gasteiger partial charge in [-0.1, -0.05) is 23.8 Å². The molecule has 3 rings (SSSR count). The first-order valence-corrected chi connectivity index (χ1v) is 8.09. The number of hydrogen-bond acceptors (Lipinski definition) is 4. The third kappa shape index (κ3) is 3.74. The number of aliphatic hydroxyl groups is 1. The Balaban J connectivity index is 1.59. The van der Waals surface area contributed by atoms with Crippen LogP contribution in [0.15, 0.2) is 42.6 Å². The summed E-state index contributed by atoms with van der Waals surface area (Å²) < 4.78 is 5.69.